The van der Waals surface area contributed by atoms with Gasteiger partial charge in [-0.05, 0) is 119 Å². The van der Waals surface area contributed by atoms with Crippen LogP contribution >= 0.6 is 0 Å². The van der Waals surface area contributed by atoms with Crippen molar-refractivity contribution in [3.05, 3.63) is 88.7 Å². The van der Waals surface area contributed by atoms with E-state index < -0.39 is 53.7 Å². The van der Waals surface area contributed by atoms with Crippen molar-refractivity contribution in [2.75, 3.05) is 46.4 Å². The van der Waals surface area contributed by atoms with E-state index in [1.54, 1.807) is 50.2 Å². The number of rotatable bonds is 17. The van der Waals surface area contributed by atoms with Gasteiger partial charge in [0, 0.05) is 43.2 Å². The first-order chi connectivity index (χ1) is 32.8. The van der Waals surface area contributed by atoms with Crippen molar-refractivity contribution in [1.29, 1.82) is 5.26 Å². The second-order valence-electron chi connectivity index (χ2n) is 16.8. The number of amides is 5. The number of nitrogens with one attached hydrogen (secondary N) is 4. The molecular weight excluding hydrogens is 871 g/mol. The Hall–Kier alpha value is -7.14. The highest BCUT2D eigenvalue weighted by atomic mass is 16.5. The van der Waals surface area contributed by atoms with E-state index in [9.17, 15) is 29.2 Å². The predicted molar refractivity (Wildman–Crippen MR) is 253 cm³/mol. The molecule has 4 bridgehead atoms. The van der Waals surface area contributed by atoms with Crippen LogP contribution in [-0.2, 0) is 25.6 Å². The Morgan fingerprint density at radius 3 is 2.12 bits per heavy atom. The van der Waals surface area contributed by atoms with Gasteiger partial charge in [0.25, 0.3) is 5.91 Å². The SMILES string of the molecule is Cc1nc(-c2ccc(OC3CCCC3)cc2)nc(C)c1C(=O)NC(CCN)C(=O)N(C)C1C(=O)NC(C)C(=O)NC(C(=O)NCC#N)Cc2ccc(OCCN)c(c2)-c2cc1ccc2OCCN. The Morgan fingerprint density at radius 1 is 0.868 bits per heavy atom. The maximum atomic E-state index is 14.8. The molecule has 4 atom stereocenters. The highest BCUT2D eigenvalue weighted by molar-refractivity contribution is 6.00. The molecular formula is C49H61N11O8. The first-order valence-corrected chi connectivity index (χ1v) is 22.8. The lowest BCUT2D eigenvalue weighted by Crippen LogP contribution is -2.56. The Kier molecular flexibility index (Phi) is 17.4. The fourth-order valence-electron chi connectivity index (χ4n) is 8.42. The summed E-state index contributed by atoms with van der Waals surface area (Å²) >= 11 is 0. The Balaban J connectivity index is 1.35. The van der Waals surface area contributed by atoms with E-state index in [-0.39, 0.29) is 63.9 Å². The quantitative estimate of drug-likeness (QED) is 0.0748. The van der Waals surface area contributed by atoms with E-state index >= 15 is 0 Å². The molecule has 1 saturated carbocycles. The summed E-state index contributed by atoms with van der Waals surface area (Å²) in [6.07, 6.45) is 4.60. The molecule has 1 aliphatic heterocycles. The molecule has 0 saturated heterocycles. The van der Waals surface area contributed by atoms with Crippen molar-refractivity contribution in [3.8, 4) is 45.8 Å². The molecule has 4 unspecified atom stereocenters. The number of benzene rings is 3. The van der Waals surface area contributed by atoms with E-state index in [1.807, 2.05) is 30.3 Å². The van der Waals surface area contributed by atoms with Crippen LogP contribution in [0.15, 0.2) is 60.7 Å². The number of carbonyl (C=O) groups is 5. The monoisotopic (exact) mass is 931 g/mol. The van der Waals surface area contributed by atoms with Gasteiger partial charge >= 0.3 is 0 Å². The number of aryl methyl sites for hydroxylation is 2. The molecule has 68 heavy (non-hydrogen) atoms. The molecule has 3 aromatic carbocycles. The number of ether oxygens (including phenoxy) is 3. The molecule has 1 aliphatic carbocycles. The van der Waals surface area contributed by atoms with Crippen molar-refractivity contribution >= 4 is 29.5 Å². The average molecular weight is 932 g/mol. The molecule has 5 amide bonds. The lowest BCUT2D eigenvalue weighted by Gasteiger charge is -2.32. The maximum absolute atomic E-state index is 14.8. The van der Waals surface area contributed by atoms with E-state index in [4.69, 9.17) is 31.4 Å². The first-order valence-electron chi connectivity index (χ1n) is 22.8. The van der Waals surface area contributed by atoms with Crippen LogP contribution in [0.4, 0.5) is 0 Å². The van der Waals surface area contributed by atoms with Gasteiger partial charge in [0.2, 0.25) is 23.6 Å². The molecule has 4 aromatic rings. The molecule has 2 heterocycles. The van der Waals surface area contributed by atoms with E-state index in [1.165, 1.54) is 18.9 Å². The van der Waals surface area contributed by atoms with Crippen LogP contribution in [0.5, 0.6) is 17.2 Å². The molecule has 6 rings (SSSR count). The van der Waals surface area contributed by atoms with Crippen LogP contribution in [-0.4, -0.2) is 115 Å². The number of hydrogen-bond donors (Lipinski definition) is 7. The van der Waals surface area contributed by atoms with Crippen LogP contribution in [0.1, 0.15) is 77.9 Å². The standard InChI is InChI=1S/C49H61N11O8/c1-28-42(29(2)56-44(55-28)32-10-13-35(14-11-32)68-34-7-5-6-8-34)47(63)58-38(17-18-50)49(65)60(4)43-33-12-16-41(67-24-21-53)37(27-33)36-25-31(9-15-40(36)66-23-20-52)26-39(46(62)54-22-19-51)59-45(61)30(3)57-48(43)64/h9-16,25,27,30,34,38-39,43H,5-8,17-18,20-24,26,50,52-53H2,1-4H3,(H,54,62)(H,57,64)(H,58,63)(H,59,61). The predicted octanol–water partition coefficient (Wildman–Crippen LogP) is 2.26. The summed E-state index contributed by atoms with van der Waals surface area (Å²) < 4.78 is 18.3. The maximum Gasteiger partial charge on any atom is 0.255 e. The largest absolute Gasteiger partial charge is 0.492 e. The second-order valence-corrected chi connectivity index (χ2v) is 16.8. The molecule has 2 aliphatic rings. The molecule has 10 N–H and O–H groups in total. The molecule has 1 fully saturated rings. The number of carbonyl (C=O) groups excluding carboxylic acids is 5. The summed E-state index contributed by atoms with van der Waals surface area (Å²) in [6.45, 7) is 5.17. The second kappa shape index (κ2) is 23.5. The number of nitriles is 1. The smallest absolute Gasteiger partial charge is 0.255 e. The van der Waals surface area contributed by atoms with Crippen molar-refractivity contribution < 1.29 is 38.2 Å². The van der Waals surface area contributed by atoms with Crippen LogP contribution in [0.25, 0.3) is 22.5 Å². The number of fused-ring (bicyclic) bond motifs is 5. The minimum Gasteiger partial charge on any atom is -0.492 e. The lowest BCUT2D eigenvalue weighted by atomic mass is 9.93. The van der Waals surface area contributed by atoms with Gasteiger partial charge in [0.1, 0.15) is 61.2 Å². The van der Waals surface area contributed by atoms with Crippen molar-refractivity contribution in [2.24, 2.45) is 17.2 Å². The summed E-state index contributed by atoms with van der Waals surface area (Å²) in [4.78, 5) is 81.1. The summed E-state index contributed by atoms with van der Waals surface area (Å²) in [5.74, 6) is -1.41. The normalized spacial score (nSPS) is 17.6. The fourth-order valence-corrected chi connectivity index (χ4v) is 8.42. The molecule has 360 valence electrons. The first kappa shape index (κ1) is 50.3. The Bertz CT molecular complexity index is 2480. The zero-order valence-corrected chi connectivity index (χ0v) is 38.9. The Morgan fingerprint density at radius 2 is 1.50 bits per heavy atom. The highest BCUT2D eigenvalue weighted by Gasteiger charge is 2.36. The van der Waals surface area contributed by atoms with Gasteiger partial charge in [-0.2, -0.15) is 5.26 Å². The van der Waals surface area contributed by atoms with Crippen LogP contribution in [0.2, 0.25) is 0 Å². The fraction of sp³-hybridized carbons (Fsp3) is 0.429. The molecule has 1 aromatic heterocycles. The summed E-state index contributed by atoms with van der Waals surface area (Å²) in [5.41, 5.74) is 21.3. The number of nitrogens with zero attached hydrogens (tertiary/aromatic N) is 4. The van der Waals surface area contributed by atoms with Gasteiger partial charge in [0.05, 0.1) is 29.1 Å². The van der Waals surface area contributed by atoms with Gasteiger partial charge < -0.3 is 57.6 Å². The third-order valence-corrected chi connectivity index (χ3v) is 11.8. The third kappa shape index (κ3) is 12.2. The highest BCUT2D eigenvalue weighted by Crippen LogP contribution is 2.40. The number of aromatic nitrogens is 2. The zero-order chi connectivity index (χ0) is 48.9. The zero-order valence-electron chi connectivity index (χ0n) is 38.9. The molecule has 19 nitrogen and oxygen atoms in total. The van der Waals surface area contributed by atoms with Crippen LogP contribution < -0.4 is 52.7 Å². The molecule has 19 heteroatoms. The number of likely N-dealkylation sites (N-methyl/N-ethyl adjacent to an activating group) is 1. The summed E-state index contributed by atoms with van der Waals surface area (Å²) in [5, 5.41) is 19.9. The van der Waals surface area contributed by atoms with E-state index in [2.05, 4.69) is 31.2 Å². The van der Waals surface area contributed by atoms with Crippen molar-refractivity contribution in [2.45, 2.75) is 89.6 Å². The van der Waals surface area contributed by atoms with Gasteiger partial charge in [-0.3, -0.25) is 24.0 Å². The summed E-state index contributed by atoms with van der Waals surface area (Å²) in [7, 11) is 1.42. The van der Waals surface area contributed by atoms with Crippen molar-refractivity contribution in [1.82, 2.24) is 36.1 Å². The average Bonchev–Trinajstić information content (AvgIpc) is 3.84. The summed E-state index contributed by atoms with van der Waals surface area (Å²) in [6, 6.07) is 14.5. The minimum absolute atomic E-state index is 0.000106. The van der Waals surface area contributed by atoms with Gasteiger partial charge in [-0.25, -0.2) is 9.97 Å². The van der Waals surface area contributed by atoms with Crippen molar-refractivity contribution in [3.63, 3.8) is 0 Å². The topological polar surface area (TPSA) is 292 Å². The van der Waals surface area contributed by atoms with Crippen LogP contribution in [0, 0.1) is 25.2 Å². The molecule has 0 spiro atoms. The van der Waals surface area contributed by atoms with E-state index in [0.29, 0.717) is 51.0 Å². The van der Waals surface area contributed by atoms with Gasteiger partial charge in [-0.15, -0.1) is 0 Å². The Labute approximate surface area is 395 Å². The van der Waals surface area contributed by atoms with Crippen LogP contribution in [0.3, 0.4) is 0 Å². The number of hydrogen-bond acceptors (Lipinski definition) is 14. The lowest BCUT2D eigenvalue weighted by molar-refractivity contribution is -0.141. The van der Waals surface area contributed by atoms with E-state index in [0.717, 1.165) is 37.0 Å². The third-order valence-electron chi connectivity index (χ3n) is 11.8. The number of nitrogens with two attached hydrogens (primary N) is 3. The molecule has 0 radical (unpaired) electrons. The minimum atomic E-state index is -1.41. The van der Waals surface area contributed by atoms with Gasteiger partial charge in [-0.1, -0.05) is 12.1 Å². The van der Waals surface area contributed by atoms with Gasteiger partial charge in [0.15, 0.2) is 5.82 Å².